The van der Waals surface area contributed by atoms with Crippen molar-refractivity contribution in [3.05, 3.63) is 47.3 Å². The van der Waals surface area contributed by atoms with Crippen molar-refractivity contribution in [2.75, 3.05) is 14.1 Å². The van der Waals surface area contributed by atoms with Crippen LogP contribution < -0.4 is 4.57 Å². The molecule has 0 spiro atoms. The van der Waals surface area contributed by atoms with E-state index in [0.717, 1.165) is 16.2 Å². The van der Waals surface area contributed by atoms with Crippen molar-refractivity contribution in [3.63, 3.8) is 0 Å². The highest BCUT2D eigenvalue weighted by Crippen LogP contribution is 2.29. The molecule has 0 N–H and O–H groups in total. The normalized spacial score (nSPS) is 19.2. The number of carbonyl (C=O) groups is 2. The van der Waals surface area contributed by atoms with E-state index < -0.39 is 6.04 Å². The fraction of sp³-hybridized carbons (Fsp3) is 0.333. The lowest BCUT2D eigenvalue weighted by atomic mass is 10.1. The van der Waals surface area contributed by atoms with Crippen LogP contribution in [0.5, 0.6) is 0 Å². The SMILES string of the molecule is Cc1ccc(Cn2c(C)c[n+]3c2N=C2C3C(=O)N(C)C(=O)N2C)cc1. The molecule has 7 heteroatoms. The number of amidine groups is 1. The molecule has 2 aromatic rings. The van der Waals surface area contributed by atoms with Crippen LogP contribution in [0.1, 0.15) is 22.9 Å². The number of aromatic nitrogens is 2. The Morgan fingerprint density at radius 1 is 1.08 bits per heavy atom. The Kier molecular flexibility index (Phi) is 3.28. The van der Waals surface area contributed by atoms with Crippen LogP contribution in [0.4, 0.5) is 10.7 Å². The molecule has 1 aromatic carbocycles. The van der Waals surface area contributed by atoms with Crippen molar-refractivity contribution in [1.29, 1.82) is 0 Å². The third-order valence-electron chi connectivity index (χ3n) is 4.90. The third kappa shape index (κ3) is 2.19. The first-order chi connectivity index (χ1) is 11.9. The molecule has 0 radical (unpaired) electrons. The van der Waals surface area contributed by atoms with Gasteiger partial charge in [-0.15, -0.1) is 0 Å². The van der Waals surface area contributed by atoms with Gasteiger partial charge < -0.3 is 0 Å². The van der Waals surface area contributed by atoms with Crippen LogP contribution in [0, 0.1) is 13.8 Å². The summed E-state index contributed by atoms with van der Waals surface area (Å²) in [5.74, 6) is 0.931. The monoisotopic (exact) mass is 338 g/mol. The summed E-state index contributed by atoms with van der Waals surface area (Å²) in [5, 5.41) is 0. The number of imidazole rings is 1. The molecule has 1 atom stereocenters. The van der Waals surface area contributed by atoms with Gasteiger partial charge in [-0.2, -0.15) is 0 Å². The number of likely N-dealkylation sites (N-methyl/N-ethyl adjacent to an activating group) is 2. The van der Waals surface area contributed by atoms with Gasteiger partial charge in [0.1, 0.15) is 11.9 Å². The number of amides is 3. The van der Waals surface area contributed by atoms with E-state index in [1.165, 1.54) is 17.5 Å². The summed E-state index contributed by atoms with van der Waals surface area (Å²) in [6.07, 6.45) is 1.93. The summed E-state index contributed by atoms with van der Waals surface area (Å²) in [6.45, 7) is 4.73. The van der Waals surface area contributed by atoms with Crippen LogP contribution in [0.2, 0.25) is 0 Å². The maximum Gasteiger partial charge on any atom is 0.402 e. The van der Waals surface area contributed by atoms with Crippen LogP contribution in [0.15, 0.2) is 35.5 Å². The Morgan fingerprint density at radius 2 is 1.76 bits per heavy atom. The number of aliphatic imine (C=N–C) groups is 1. The Hall–Kier alpha value is -2.96. The van der Waals surface area contributed by atoms with Crippen molar-refractivity contribution in [3.8, 4) is 0 Å². The minimum absolute atomic E-state index is 0.252. The van der Waals surface area contributed by atoms with Gasteiger partial charge in [-0.25, -0.2) is 13.9 Å². The topological polar surface area (TPSA) is 61.8 Å². The predicted molar refractivity (Wildman–Crippen MR) is 91.7 cm³/mol. The minimum Gasteiger partial charge on any atom is -0.270 e. The highest BCUT2D eigenvalue weighted by atomic mass is 16.2. The zero-order valence-electron chi connectivity index (χ0n) is 14.7. The number of imide groups is 1. The van der Waals surface area contributed by atoms with Crippen molar-refractivity contribution in [1.82, 2.24) is 14.4 Å². The van der Waals surface area contributed by atoms with Gasteiger partial charge >= 0.3 is 12.0 Å². The maximum atomic E-state index is 12.6. The Labute approximate surface area is 145 Å². The van der Waals surface area contributed by atoms with Crippen molar-refractivity contribution < 1.29 is 14.2 Å². The van der Waals surface area contributed by atoms with E-state index in [0.29, 0.717) is 18.3 Å². The second-order valence-corrected chi connectivity index (χ2v) is 6.66. The highest BCUT2D eigenvalue weighted by molar-refractivity contribution is 6.18. The summed E-state index contributed by atoms with van der Waals surface area (Å²) >= 11 is 0. The van der Waals surface area contributed by atoms with Crippen LogP contribution in [-0.2, 0) is 11.3 Å². The average Bonchev–Trinajstić information content (AvgIpc) is 3.09. The van der Waals surface area contributed by atoms with Crippen molar-refractivity contribution in [2.24, 2.45) is 4.99 Å². The van der Waals surface area contributed by atoms with E-state index in [-0.39, 0.29) is 11.9 Å². The van der Waals surface area contributed by atoms with Crippen LogP contribution in [0.25, 0.3) is 0 Å². The van der Waals surface area contributed by atoms with Gasteiger partial charge in [0.25, 0.3) is 5.91 Å². The summed E-state index contributed by atoms with van der Waals surface area (Å²) in [4.78, 5) is 32.0. The van der Waals surface area contributed by atoms with Crippen LogP contribution in [0.3, 0.4) is 0 Å². The molecular formula is C18H20N5O2+. The third-order valence-corrected chi connectivity index (χ3v) is 4.90. The molecule has 1 aromatic heterocycles. The Bertz CT molecular complexity index is 926. The summed E-state index contributed by atoms with van der Waals surface area (Å²) < 4.78 is 3.93. The lowest BCUT2D eigenvalue weighted by Gasteiger charge is -2.30. The van der Waals surface area contributed by atoms with E-state index in [1.54, 1.807) is 7.05 Å². The highest BCUT2D eigenvalue weighted by Gasteiger charge is 2.52. The molecule has 0 saturated carbocycles. The van der Waals surface area contributed by atoms with Gasteiger partial charge in [-0.05, 0) is 19.4 Å². The number of hydrogen-bond donors (Lipinski definition) is 0. The molecule has 0 aliphatic carbocycles. The molecule has 128 valence electrons. The smallest absolute Gasteiger partial charge is 0.270 e. The van der Waals surface area contributed by atoms with Crippen LogP contribution in [-0.4, -0.2) is 46.2 Å². The van der Waals surface area contributed by atoms with Gasteiger partial charge in [0.05, 0.1) is 6.54 Å². The van der Waals surface area contributed by atoms with Gasteiger partial charge in [-0.3, -0.25) is 14.6 Å². The molecule has 3 heterocycles. The summed E-state index contributed by atoms with van der Waals surface area (Å²) in [6, 6.07) is 7.43. The number of carbonyl (C=O) groups excluding carboxylic acids is 2. The number of fused-ring (bicyclic) bond motifs is 3. The molecule has 7 nitrogen and oxygen atoms in total. The molecule has 1 fully saturated rings. The number of aryl methyl sites for hydroxylation is 2. The first-order valence-corrected chi connectivity index (χ1v) is 8.19. The van der Waals surface area contributed by atoms with E-state index in [1.807, 2.05) is 17.7 Å². The molecule has 1 unspecified atom stereocenters. The van der Waals surface area contributed by atoms with Gasteiger partial charge in [0.15, 0.2) is 0 Å². The second-order valence-electron chi connectivity index (χ2n) is 6.66. The molecule has 2 aliphatic heterocycles. The molecule has 25 heavy (non-hydrogen) atoms. The van der Waals surface area contributed by atoms with Crippen LogP contribution >= 0.6 is 0 Å². The maximum absolute atomic E-state index is 12.6. The largest absolute Gasteiger partial charge is 0.402 e. The van der Waals surface area contributed by atoms with Crippen molar-refractivity contribution >= 4 is 23.7 Å². The fourth-order valence-electron chi connectivity index (χ4n) is 3.38. The van der Waals surface area contributed by atoms with E-state index in [4.69, 9.17) is 0 Å². The lowest BCUT2D eigenvalue weighted by Crippen LogP contribution is -2.61. The number of urea groups is 1. The van der Waals surface area contributed by atoms with E-state index in [9.17, 15) is 9.59 Å². The second kappa shape index (κ2) is 5.27. The molecule has 2 aliphatic rings. The number of benzene rings is 1. The predicted octanol–water partition coefficient (Wildman–Crippen LogP) is 1.55. The van der Waals surface area contributed by atoms with Crippen molar-refractivity contribution in [2.45, 2.75) is 26.4 Å². The Morgan fingerprint density at radius 3 is 2.44 bits per heavy atom. The van der Waals surface area contributed by atoms with E-state index in [2.05, 4.69) is 40.7 Å². The fourth-order valence-corrected chi connectivity index (χ4v) is 3.38. The molecule has 1 saturated heterocycles. The first kappa shape index (κ1) is 15.6. The minimum atomic E-state index is -0.569. The molecule has 3 amide bonds. The van der Waals surface area contributed by atoms with Gasteiger partial charge in [0, 0.05) is 14.1 Å². The lowest BCUT2D eigenvalue weighted by molar-refractivity contribution is -0.677. The Balaban J connectivity index is 1.78. The summed E-state index contributed by atoms with van der Waals surface area (Å²) in [5.41, 5.74) is 3.40. The summed E-state index contributed by atoms with van der Waals surface area (Å²) in [7, 11) is 3.16. The van der Waals surface area contributed by atoms with Gasteiger partial charge in [-0.1, -0.05) is 34.8 Å². The molecule has 4 rings (SSSR count). The number of rotatable bonds is 2. The quantitative estimate of drug-likeness (QED) is 0.780. The molecule has 0 bridgehead atoms. The zero-order chi connectivity index (χ0) is 17.9. The first-order valence-electron chi connectivity index (χ1n) is 8.19. The standard InChI is InChI=1S/C18H20N5O2/c1-11-5-7-13(8-6-11)10-22-12(2)9-23-14-15(19-17(22)23)20(3)18(25)21(4)16(14)24/h5-9,14H,10H2,1-4H3/q+1. The van der Waals surface area contributed by atoms with Gasteiger partial charge in [0.2, 0.25) is 11.9 Å². The average molecular weight is 338 g/mol. The molecular weight excluding hydrogens is 318 g/mol. The number of hydrogen-bond acceptors (Lipinski definition) is 3. The van der Waals surface area contributed by atoms with E-state index >= 15 is 0 Å². The number of nitrogens with zero attached hydrogens (tertiary/aromatic N) is 5. The zero-order valence-corrected chi connectivity index (χ0v) is 14.7.